The van der Waals surface area contributed by atoms with Crippen molar-refractivity contribution in [2.24, 2.45) is 0 Å². The summed E-state index contributed by atoms with van der Waals surface area (Å²) in [5.74, 6) is -0.322. The monoisotopic (exact) mass is 270 g/mol. The standard InChI is InChI=1S/C12H18N2O3S/c1-8-10(11(15)16-2)18-12(14-8)13-6-5-9-4-3-7-17-9/h9H,3-7H2,1-2H3,(H,13,14). The number of thiazole rings is 1. The molecule has 2 rings (SSSR count). The number of nitrogens with one attached hydrogen (secondary N) is 1. The Labute approximate surface area is 111 Å². The second-order valence-corrected chi connectivity index (χ2v) is 5.27. The molecule has 0 amide bonds. The molecule has 6 heteroatoms. The van der Waals surface area contributed by atoms with Gasteiger partial charge in [-0.05, 0) is 26.2 Å². The molecular formula is C12H18N2O3S. The molecule has 1 fully saturated rings. The van der Waals surface area contributed by atoms with Crippen LogP contribution in [0.15, 0.2) is 0 Å². The number of nitrogens with zero attached hydrogens (tertiary/aromatic N) is 1. The van der Waals surface area contributed by atoms with E-state index in [4.69, 9.17) is 9.47 Å². The number of anilines is 1. The minimum absolute atomic E-state index is 0.322. The van der Waals surface area contributed by atoms with E-state index in [2.05, 4.69) is 10.3 Å². The van der Waals surface area contributed by atoms with E-state index in [1.54, 1.807) is 0 Å². The van der Waals surface area contributed by atoms with Gasteiger partial charge in [0.2, 0.25) is 0 Å². The van der Waals surface area contributed by atoms with Gasteiger partial charge in [-0.2, -0.15) is 0 Å². The second-order valence-electron chi connectivity index (χ2n) is 4.28. The fraction of sp³-hybridized carbons (Fsp3) is 0.667. The molecule has 0 bridgehead atoms. The van der Waals surface area contributed by atoms with Gasteiger partial charge in [0.15, 0.2) is 5.13 Å². The first-order chi connectivity index (χ1) is 8.70. The van der Waals surface area contributed by atoms with E-state index in [1.807, 2.05) is 6.92 Å². The number of rotatable bonds is 5. The van der Waals surface area contributed by atoms with Gasteiger partial charge in [-0.15, -0.1) is 0 Å². The van der Waals surface area contributed by atoms with E-state index < -0.39 is 0 Å². The number of methoxy groups -OCH3 is 1. The first kappa shape index (κ1) is 13.3. The zero-order valence-corrected chi connectivity index (χ0v) is 11.5. The van der Waals surface area contributed by atoms with Crippen molar-refractivity contribution in [3.8, 4) is 0 Å². The van der Waals surface area contributed by atoms with Crippen LogP contribution in [0.2, 0.25) is 0 Å². The highest BCUT2D eigenvalue weighted by atomic mass is 32.1. The van der Waals surface area contributed by atoms with E-state index in [0.29, 0.717) is 16.7 Å². The molecule has 1 aromatic heterocycles. The Balaban J connectivity index is 1.83. The molecule has 1 saturated heterocycles. The smallest absolute Gasteiger partial charge is 0.350 e. The molecule has 18 heavy (non-hydrogen) atoms. The Bertz CT molecular complexity index is 413. The van der Waals surface area contributed by atoms with Crippen LogP contribution in [-0.2, 0) is 9.47 Å². The molecule has 0 spiro atoms. The van der Waals surface area contributed by atoms with Gasteiger partial charge in [0.05, 0.1) is 18.9 Å². The lowest BCUT2D eigenvalue weighted by molar-refractivity contribution is 0.0605. The number of hydrogen-bond acceptors (Lipinski definition) is 6. The van der Waals surface area contributed by atoms with E-state index in [0.717, 1.165) is 37.5 Å². The van der Waals surface area contributed by atoms with Gasteiger partial charge < -0.3 is 14.8 Å². The molecule has 1 unspecified atom stereocenters. The van der Waals surface area contributed by atoms with E-state index in [-0.39, 0.29) is 5.97 Å². The summed E-state index contributed by atoms with van der Waals surface area (Å²) in [6.45, 7) is 3.51. The summed E-state index contributed by atoms with van der Waals surface area (Å²) in [5.41, 5.74) is 0.714. The van der Waals surface area contributed by atoms with Crippen molar-refractivity contribution < 1.29 is 14.3 Å². The third-order valence-electron chi connectivity index (χ3n) is 2.93. The van der Waals surface area contributed by atoms with Crippen LogP contribution in [0.25, 0.3) is 0 Å². The van der Waals surface area contributed by atoms with Gasteiger partial charge in [-0.1, -0.05) is 11.3 Å². The number of carbonyl (C=O) groups excluding carboxylic acids is 1. The van der Waals surface area contributed by atoms with Gasteiger partial charge in [-0.3, -0.25) is 0 Å². The lowest BCUT2D eigenvalue weighted by Crippen LogP contribution is -2.12. The molecule has 1 aromatic rings. The first-order valence-electron chi connectivity index (χ1n) is 6.12. The summed E-state index contributed by atoms with van der Waals surface area (Å²) in [4.78, 5) is 16.3. The van der Waals surface area contributed by atoms with Crippen molar-refractivity contribution in [3.05, 3.63) is 10.6 Å². The summed E-state index contributed by atoms with van der Waals surface area (Å²) in [7, 11) is 1.38. The predicted octanol–water partition coefficient (Wildman–Crippen LogP) is 2.22. The lowest BCUT2D eigenvalue weighted by atomic mass is 10.2. The van der Waals surface area contributed by atoms with Gasteiger partial charge in [0, 0.05) is 13.2 Å². The summed E-state index contributed by atoms with van der Waals surface area (Å²) < 4.78 is 10.2. The Morgan fingerprint density at radius 3 is 3.17 bits per heavy atom. The summed E-state index contributed by atoms with van der Waals surface area (Å²) in [6, 6.07) is 0. The third kappa shape index (κ3) is 3.20. The normalized spacial score (nSPS) is 18.9. The molecule has 1 atom stereocenters. The van der Waals surface area contributed by atoms with Crippen LogP contribution in [0.1, 0.15) is 34.6 Å². The topological polar surface area (TPSA) is 60.5 Å². The van der Waals surface area contributed by atoms with Crippen LogP contribution in [0.4, 0.5) is 5.13 Å². The Morgan fingerprint density at radius 1 is 1.67 bits per heavy atom. The lowest BCUT2D eigenvalue weighted by Gasteiger charge is -2.08. The minimum atomic E-state index is -0.322. The van der Waals surface area contributed by atoms with Crippen molar-refractivity contribution in [3.63, 3.8) is 0 Å². The quantitative estimate of drug-likeness (QED) is 0.831. The van der Waals surface area contributed by atoms with Crippen LogP contribution < -0.4 is 5.32 Å². The predicted molar refractivity (Wildman–Crippen MR) is 70.3 cm³/mol. The molecule has 5 nitrogen and oxygen atoms in total. The Hall–Kier alpha value is -1.14. The average Bonchev–Trinajstić information content (AvgIpc) is 2.98. The molecule has 2 heterocycles. The van der Waals surface area contributed by atoms with Crippen LogP contribution in [-0.4, -0.2) is 37.3 Å². The Kier molecular flexibility index (Phi) is 4.54. The largest absolute Gasteiger partial charge is 0.465 e. The molecule has 0 radical (unpaired) electrons. The highest BCUT2D eigenvalue weighted by Gasteiger charge is 2.17. The zero-order chi connectivity index (χ0) is 13.0. The Morgan fingerprint density at radius 2 is 2.50 bits per heavy atom. The van der Waals surface area contributed by atoms with Crippen LogP contribution in [0, 0.1) is 6.92 Å². The number of aryl methyl sites for hydroxylation is 1. The fourth-order valence-electron chi connectivity index (χ4n) is 1.97. The molecule has 1 aliphatic rings. The molecule has 1 N–H and O–H groups in total. The van der Waals surface area contributed by atoms with Crippen LogP contribution >= 0.6 is 11.3 Å². The maximum Gasteiger partial charge on any atom is 0.350 e. The fourth-order valence-corrected chi connectivity index (χ4v) is 2.88. The second kappa shape index (κ2) is 6.15. The third-order valence-corrected chi connectivity index (χ3v) is 4.03. The zero-order valence-electron chi connectivity index (χ0n) is 10.7. The van der Waals surface area contributed by atoms with Crippen LogP contribution in [0.3, 0.4) is 0 Å². The van der Waals surface area contributed by atoms with Gasteiger partial charge in [0.25, 0.3) is 0 Å². The highest BCUT2D eigenvalue weighted by Crippen LogP contribution is 2.23. The van der Waals surface area contributed by atoms with Crippen molar-refractivity contribution in [2.75, 3.05) is 25.6 Å². The van der Waals surface area contributed by atoms with Gasteiger partial charge in [-0.25, -0.2) is 9.78 Å². The first-order valence-corrected chi connectivity index (χ1v) is 6.93. The summed E-state index contributed by atoms with van der Waals surface area (Å²) in [5, 5.41) is 4.00. The molecule has 100 valence electrons. The number of carbonyl (C=O) groups is 1. The SMILES string of the molecule is COC(=O)c1sc(NCCC2CCCO2)nc1C. The highest BCUT2D eigenvalue weighted by molar-refractivity contribution is 7.17. The van der Waals surface area contributed by atoms with E-state index >= 15 is 0 Å². The van der Waals surface area contributed by atoms with Crippen molar-refractivity contribution in [1.82, 2.24) is 4.98 Å². The summed E-state index contributed by atoms with van der Waals surface area (Å²) >= 11 is 1.34. The number of ether oxygens (including phenoxy) is 2. The minimum Gasteiger partial charge on any atom is -0.465 e. The molecule has 1 aliphatic heterocycles. The maximum absolute atomic E-state index is 11.4. The molecule has 0 aromatic carbocycles. The molecule has 0 saturated carbocycles. The van der Waals surface area contributed by atoms with Crippen molar-refractivity contribution >= 4 is 22.4 Å². The maximum atomic E-state index is 11.4. The molecular weight excluding hydrogens is 252 g/mol. The summed E-state index contributed by atoms with van der Waals surface area (Å²) in [6.07, 6.45) is 3.66. The van der Waals surface area contributed by atoms with Crippen LogP contribution in [0.5, 0.6) is 0 Å². The number of hydrogen-bond donors (Lipinski definition) is 1. The molecule has 0 aliphatic carbocycles. The number of aromatic nitrogens is 1. The van der Waals surface area contributed by atoms with E-state index in [1.165, 1.54) is 18.4 Å². The van der Waals surface area contributed by atoms with Crippen molar-refractivity contribution in [1.29, 1.82) is 0 Å². The van der Waals surface area contributed by atoms with Gasteiger partial charge >= 0.3 is 5.97 Å². The van der Waals surface area contributed by atoms with Gasteiger partial charge in [0.1, 0.15) is 4.88 Å². The number of esters is 1. The average molecular weight is 270 g/mol. The van der Waals surface area contributed by atoms with E-state index in [9.17, 15) is 4.79 Å². The van der Waals surface area contributed by atoms with Crippen molar-refractivity contribution in [2.45, 2.75) is 32.3 Å².